The van der Waals surface area contributed by atoms with Crippen molar-refractivity contribution < 1.29 is 31.7 Å². The maximum absolute atomic E-state index is 12.5. The minimum Gasteiger partial charge on any atom is -0.325 e. The van der Waals surface area contributed by atoms with E-state index < -0.39 is 34.4 Å². The molecule has 11 nitrogen and oxygen atoms in total. The van der Waals surface area contributed by atoms with Gasteiger partial charge in [0, 0.05) is 12.6 Å². The van der Waals surface area contributed by atoms with Crippen LogP contribution in [0.3, 0.4) is 0 Å². The van der Waals surface area contributed by atoms with E-state index in [1.165, 1.54) is 4.90 Å². The zero-order chi connectivity index (χ0) is 18.0. The Hall–Kier alpha value is -1.47. The van der Waals surface area contributed by atoms with Gasteiger partial charge < -0.3 is 10.6 Å². The highest BCUT2D eigenvalue weighted by Crippen LogP contribution is 2.59. The summed E-state index contributed by atoms with van der Waals surface area (Å²) in [5.41, 5.74) is 7.76. The normalized spacial score (nSPS) is 35.7. The number of rotatable bonds is 5. The Balaban J connectivity index is 1.48. The average Bonchev–Trinajstić information content (AvgIpc) is 3.24. The van der Waals surface area contributed by atoms with Crippen molar-refractivity contribution in [2.24, 2.45) is 11.1 Å². The fourth-order valence-corrected chi connectivity index (χ4v) is 4.26. The summed E-state index contributed by atoms with van der Waals surface area (Å²) in [6.07, 6.45) is 3.26. The highest BCUT2D eigenvalue weighted by molar-refractivity contribution is 7.80. The summed E-state index contributed by atoms with van der Waals surface area (Å²) in [5, 5.41) is 0.679. The number of carbonyl (C=O) groups excluding carboxylic acids is 2. The molecule has 4 fully saturated rings. The molecule has 2 saturated heterocycles. The van der Waals surface area contributed by atoms with Crippen LogP contribution in [0.2, 0.25) is 0 Å². The van der Waals surface area contributed by atoms with Crippen LogP contribution in [0, 0.1) is 5.41 Å². The van der Waals surface area contributed by atoms with E-state index in [1.807, 2.05) is 0 Å². The van der Waals surface area contributed by atoms with Gasteiger partial charge >= 0.3 is 16.4 Å². The molecule has 25 heavy (non-hydrogen) atoms. The molecule has 2 aliphatic heterocycles. The number of piperidine rings is 1. The second-order valence-electron chi connectivity index (χ2n) is 7.22. The molecule has 1 spiro atoms. The van der Waals surface area contributed by atoms with Crippen LogP contribution in [0.25, 0.3) is 0 Å². The van der Waals surface area contributed by atoms with E-state index in [0.717, 1.165) is 25.7 Å². The zero-order valence-corrected chi connectivity index (χ0v) is 14.1. The largest absolute Gasteiger partial charge is 0.418 e. The number of hydroxylamine groups is 3. The predicted molar refractivity (Wildman–Crippen MR) is 80.7 cm³/mol. The van der Waals surface area contributed by atoms with Crippen molar-refractivity contribution in [3.05, 3.63) is 0 Å². The number of fused-ring (bicyclic) bond motifs is 3. The lowest BCUT2D eigenvalue weighted by atomic mass is 9.85. The quantitative estimate of drug-likeness (QED) is 0.405. The molecule has 0 aromatic rings. The number of hydrogen-bond acceptors (Lipinski definition) is 7. The number of carbonyl (C=O) groups is 2. The van der Waals surface area contributed by atoms with Crippen LogP contribution in [-0.4, -0.2) is 65.6 Å². The second kappa shape index (κ2) is 5.51. The third-order valence-corrected chi connectivity index (χ3v) is 6.06. The number of nitrogens with one attached hydrogen (secondary N) is 1. The molecular weight excluding hydrogens is 356 g/mol. The molecule has 12 heteroatoms. The number of nitrogens with two attached hydrogens (primary N) is 1. The second-order valence-corrected chi connectivity index (χ2v) is 8.23. The molecule has 0 aromatic heterocycles. The Morgan fingerprint density at radius 1 is 1.36 bits per heavy atom. The third-order valence-electron chi connectivity index (χ3n) is 5.71. The smallest absolute Gasteiger partial charge is 0.325 e. The highest BCUT2D eigenvalue weighted by Gasteiger charge is 2.65. The maximum Gasteiger partial charge on any atom is 0.418 e. The molecule has 4 rings (SSSR count). The Morgan fingerprint density at radius 2 is 2.08 bits per heavy atom. The number of urea groups is 1. The van der Waals surface area contributed by atoms with Crippen molar-refractivity contribution >= 4 is 22.3 Å². The van der Waals surface area contributed by atoms with E-state index in [2.05, 4.69) is 9.76 Å². The molecule has 3 amide bonds. The van der Waals surface area contributed by atoms with E-state index in [4.69, 9.17) is 15.1 Å². The molecule has 4 aliphatic rings. The third kappa shape index (κ3) is 2.87. The van der Waals surface area contributed by atoms with Crippen LogP contribution in [0.1, 0.15) is 32.1 Å². The van der Waals surface area contributed by atoms with Crippen LogP contribution >= 0.6 is 0 Å². The van der Waals surface area contributed by atoms with Crippen LogP contribution in [0.4, 0.5) is 4.79 Å². The maximum atomic E-state index is 12.5. The van der Waals surface area contributed by atoms with Crippen LogP contribution in [-0.2, 0) is 24.3 Å². The number of hydrogen-bond donors (Lipinski definition) is 3. The van der Waals surface area contributed by atoms with Crippen molar-refractivity contribution in [2.75, 3.05) is 6.54 Å². The van der Waals surface area contributed by atoms with E-state index in [1.54, 1.807) is 0 Å². The molecule has 2 aliphatic carbocycles. The van der Waals surface area contributed by atoms with E-state index in [0.29, 0.717) is 11.5 Å². The van der Waals surface area contributed by atoms with Crippen molar-refractivity contribution in [3.63, 3.8) is 0 Å². The first-order chi connectivity index (χ1) is 11.7. The van der Waals surface area contributed by atoms with Crippen LogP contribution < -0.4 is 11.2 Å². The molecule has 4 N–H and O–H groups in total. The zero-order valence-electron chi connectivity index (χ0n) is 13.3. The lowest BCUT2D eigenvalue weighted by molar-refractivity contribution is -0.150. The molecule has 2 unspecified atom stereocenters. The number of nitrogens with zero attached hydrogens (tertiary/aromatic N) is 2. The van der Waals surface area contributed by atoms with E-state index in [-0.39, 0.29) is 24.1 Å². The van der Waals surface area contributed by atoms with Gasteiger partial charge in [-0.05, 0) is 37.5 Å². The van der Waals surface area contributed by atoms with Gasteiger partial charge in [0.05, 0.1) is 6.04 Å². The molecule has 4 atom stereocenters. The molecule has 0 radical (unpaired) electrons. The minimum atomic E-state index is -4.82. The van der Waals surface area contributed by atoms with Crippen LogP contribution in [0.5, 0.6) is 0 Å². The van der Waals surface area contributed by atoms with Gasteiger partial charge in [-0.2, -0.15) is 13.5 Å². The molecule has 140 valence electrons. The molecule has 2 heterocycles. The Kier molecular flexibility index (Phi) is 3.74. The fourth-order valence-electron chi connectivity index (χ4n) is 3.89. The summed E-state index contributed by atoms with van der Waals surface area (Å²) in [5.74, 6) is -0.467. The Morgan fingerprint density at radius 3 is 2.60 bits per heavy atom. The van der Waals surface area contributed by atoms with Crippen molar-refractivity contribution in [1.29, 1.82) is 0 Å². The summed E-state index contributed by atoms with van der Waals surface area (Å²) in [6, 6.07) is -2.16. The first kappa shape index (κ1) is 17.0. The lowest BCUT2D eigenvalue weighted by Crippen LogP contribution is -2.55. The monoisotopic (exact) mass is 376 g/mol. The van der Waals surface area contributed by atoms with Crippen molar-refractivity contribution in [1.82, 2.24) is 15.4 Å². The van der Waals surface area contributed by atoms with E-state index in [9.17, 15) is 18.0 Å². The summed E-state index contributed by atoms with van der Waals surface area (Å²) in [4.78, 5) is 31.5. The van der Waals surface area contributed by atoms with Gasteiger partial charge in [0.15, 0.2) is 0 Å². The fraction of sp³-hybridized carbons (Fsp3) is 0.846. The van der Waals surface area contributed by atoms with Gasteiger partial charge in [-0.1, -0.05) is 0 Å². The Labute approximate surface area is 144 Å². The molecule has 2 saturated carbocycles. The topological polar surface area (TPSA) is 151 Å². The van der Waals surface area contributed by atoms with Gasteiger partial charge in [0.25, 0.3) is 5.91 Å². The van der Waals surface area contributed by atoms with E-state index >= 15 is 0 Å². The predicted octanol–water partition coefficient (Wildman–Crippen LogP) is -1.08. The van der Waals surface area contributed by atoms with Gasteiger partial charge in [-0.15, -0.1) is 4.28 Å². The highest BCUT2D eigenvalue weighted by atomic mass is 32.3. The van der Waals surface area contributed by atoms with Gasteiger partial charge in [0.1, 0.15) is 12.1 Å². The summed E-state index contributed by atoms with van der Waals surface area (Å²) in [7, 11) is -4.82. The summed E-state index contributed by atoms with van der Waals surface area (Å²) in [6.45, 7) is 0.162. The van der Waals surface area contributed by atoms with Gasteiger partial charge in [-0.3, -0.25) is 14.2 Å². The summed E-state index contributed by atoms with van der Waals surface area (Å²) < 4.78 is 35.4. The van der Waals surface area contributed by atoms with Crippen molar-refractivity contribution in [2.45, 2.75) is 56.3 Å². The number of amides is 3. The molecule has 2 bridgehead atoms. The average molecular weight is 376 g/mol. The van der Waals surface area contributed by atoms with Crippen LogP contribution in [0.15, 0.2) is 0 Å². The minimum absolute atomic E-state index is 0.113. The molecule has 0 aromatic carbocycles. The Bertz CT molecular complexity index is 709. The standard InChI is InChI=1S/C13H20N4O7S/c14-7-1-2-9(7)23-15-11(18)8-5-13(3-4-13)10-6-16(8)12(19)17(10)24-25(20,21)22/h7-10H,1-6,14H2,(H,15,18)(H,20,21,22)/t7?,8-,9?,10-/m0/s1. The lowest BCUT2D eigenvalue weighted by Gasteiger charge is -2.37. The molecular formula is C13H20N4O7S. The van der Waals surface area contributed by atoms with Gasteiger partial charge in [0.2, 0.25) is 0 Å². The first-order valence-electron chi connectivity index (χ1n) is 8.18. The SMILES string of the molecule is NC1CCC1ONC(=O)[C@@H]1CC2(CC2)[C@@H]2CN1C(=O)N2OS(=O)(=O)O. The first-order valence-corrected chi connectivity index (χ1v) is 9.55. The van der Waals surface area contributed by atoms with Crippen molar-refractivity contribution in [3.8, 4) is 0 Å². The summed E-state index contributed by atoms with van der Waals surface area (Å²) >= 11 is 0. The van der Waals surface area contributed by atoms with Gasteiger partial charge in [-0.25, -0.2) is 10.3 Å².